The van der Waals surface area contributed by atoms with E-state index in [4.69, 9.17) is 4.74 Å². The number of nitrogens with zero attached hydrogens (tertiary/aromatic N) is 1. The van der Waals surface area contributed by atoms with Crippen LogP contribution in [0.1, 0.15) is 38.2 Å². The number of carbonyl (C=O) groups excluding carboxylic acids is 4. The zero-order chi connectivity index (χ0) is 20.5. The SMILES string of the molecule is CCc1ccc(NC(=O)COC(=O)CCN2C(=O)[C@H]3[C@H]4CC[C@@H](C4)[C@@H]3C2=O)cc1. The van der Waals surface area contributed by atoms with E-state index >= 15 is 0 Å². The van der Waals surface area contributed by atoms with E-state index in [-0.39, 0.29) is 36.6 Å². The lowest BCUT2D eigenvalue weighted by Crippen LogP contribution is -2.35. The second-order valence-corrected chi connectivity index (χ2v) is 8.22. The third kappa shape index (κ3) is 3.78. The van der Waals surface area contributed by atoms with Gasteiger partial charge < -0.3 is 10.1 Å². The summed E-state index contributed by atoms with van der Waals surface area (Å²) < 4.78 is 5.00. The van der Waals surface area contributed by atoms with Crippen molar-refractivity contribution in [1.29, 1.82) is 0 Å². The monoisotopic (exact) mass is 398 g/mol. The Morgan fingerprint density at radius 1 is 1.07 bits per heavy atom. The van der Waals surface area contributed by atoms with E-state index in [1.165, 1.54) is 4.90 Å². The Kier molecular flexibility index (Phi) is 5.39. The Bertz CT molecular complexity index is 806. The Balaban J connectivity index is 1.21. The molecule has 1 aromatic rings. The number of esters is 1. The fourth-order valence-corrected chi connectivity index (χ4v) is 5.13. The number of hydrogen-bond acceptors (Lipinski definition) is 5. The van der Waals surface area contributed by atoms with Crippen LogP contribution >= 0.6 is 0 Å². The van der Waals surface area contributed by atoms with Crippen molar-refractivity contribution < 1.29 is 23.9 Å². The highest BCUT2D eigenvalue weighted by Crippen LogP contribution is 2.56. The summed E-state index contributed by atoms with van der Waals surface area (Å²) in [5, 5.41) is 2.67. The van der Waals surface area contributed by atoms with Gasteiger partial charge >= 0.3 is 5.97 Å². The number of fused-ring (bicyclic) bond motifs is 5. The van der Waals surface area contributed by atoms with Gasteiger partial charge in [0.1, 0.15) is 0 Å². The molecule has 1 saturated heterocycles. The molecule has 2 aliphatic carbocycles. The van der Waals surface area contributed by atoms with Gasteiger partial charge in [0.05, 0.1) is 18.3 Å². The Hall–Kier alpha value is -2.70. The number of anilines is 1. The minimum atomic E-state index is -0.595. The molecule has 7 nitrogen and oxygen atoms in total. The Morgan fingerprint density at radius 3 is 2.28 bits per heavy atom. The number of imide groups is 1. The predicted molar refractivity (Wildman–Crippen MR) is 105 cm³/mol. The third-order valence-electron chi connectivity index (χ3n) is 6.57. The molecular formula is C22H26N2O5. The van der Waals surface area contributed by atoms with Crippen LogP contribution in [0, 0.1) is 23.7 Å². The molecule has 0 radical (unpaired) electrons. The summed E-state index contributed by atoms with van der Waals surface area (Å²) in [4.78, 5) is 50.4. The first-order valence-electron chi connectivity index (χ1n) is 10.4. The average Bonchev–Trinajstić information content (AvgIpc) is 3.40. The highest BCUT2D eigenvalue weighted by Gasteiger charge is 2.60. The van der Waals surface area contributed by atoms with E-state index in [1.807, 2.05) is 19.1 Å². The third-order valence-corrected chi connectivity index (χ3v) is 6.57. The quantitative estimate of drug-likeness (QED) is 0.561. The molecule has 0 spiro atoms. The molecule has 1 heterocycles. The molecule has 3 aliphatic rings. The molecule has 29 heavy (non-hydrogen) atoms. The van der Waals surface area contributed by atoms with Gasteiger partial charge in [0.15, 0.2) is 6.61 Å². The summed E-state index contributed by atoms with van der Waals surface area (Å²) in [5.41, 5.74) is 1.80. The summed E-state index contributed by atoms with van der Waals surface area (Å²) in [6.07, 6.45) is 3.86. The Labute approximate surface area is 169 Å². The minimum absolute atomic E-state index is 0.0308. The smallest absolute Gasteiger partial charge is 0.308 e. The number of aryl methyl sites for hydroxylation is 1. The standard InChI is InChI=1S/C22H26N2O5/c1-2-13-3-7-16(8-4-13)23-17(25)12-29-18(26)9-10-24-21(27)19-14-5-6-15(11-14)20(19)22(24)28/h3-4,7-8,14-15,19-20H,2,5-6,9-12H2,1H3,(H,23,25)/t14-,15-,19-,20-/m0/s1. The number of ether oxygens (including phenoxy) is 1. The fraction of sp³-hybridized carbons (Fsp3) is 0.545. The number of hydrogen-bond donors (Lipinski definition) is 1. The van der Waals surface area contributed by atoms with Crippen LogP contribution in [0.5, 0.6) is 0 Å². The highest BCUT2D eigenvalue weighted by atomic mass is 16.5. The molecule has 0 unspecified atom stereocenters. The molecule has 3 amide bonds. The van der Waals surface area contributed by atoms with Crippen molar-refractivity contribution in [2.24, 2.45) is 23.7 Å². The summed E-state index contributed by atoms with van der Waals surface area (Å²) >= 11 is 0. The van der Waals surface area contributed by atoms with Gasteiger partial charge in [-0.3, -0.25) is 24.1 Å². The molecule has 7 heteroatoms. The number of rotatable bonds is 7. The molecule has 4 rings (SSSR count). The van der Waals surface area contributed by atoms with Crippen molar-refractivity contribution in [3.63, 3.8) is 0 Å². The van der Waals surface area contributed by atoms with Crippen molar-refractivity contribution in [1.82, 2.24) is 4.90 Å². The van der Waals surface area contributed by atoms with Crippen molar-refractivity contribution in [2.75, 3.05) is 18.5 Å². The second kappa shape index (κ2) is 7.97. The van der Waals surface area contributed by atoms with Gasteiger partial charge in [0.2, 0.25) is 11.8 Å². The molecule has 1 aliphatic heterocycles. The summed E-state index contributed by atoms with van der Waals surface area (Å²) in [6, 6.07) is 7.45. The number of nitrogens with one attached hydrogen (secondary N) is 1. The molecule has 0 aromatic heterocycles. The summed E-state index contributed by atoms with van der Waals surface area (Å²) in [7, 11) is 0. The van der Waals surface area contributed by atoms with E-state index < -0.39 is 18.5 Å². The van der Waals surface area contributed by atoms with Crippen LogP contribution in [0.15, 0.2) is 24.3 Å². The summed E-state index contributed by atoms with van der Waals surface area (Å²) in [6.45, 7) is 1.68. The molecule has 3 fully saturated rings. The van der Waals surface area contributed by atoms with E-state index in [0.717, 1.165) is 31.2 Å². The topological polar surface area (TPSA) is 92.8 Å². The van der Waals surface area contributed by atoms with E-state index in [0.29, 0.717) is 17.5 Å². The highest BCUT2D eigenvalue weighted by molar-refractivity contribution is 6.06. The molecule has 4 atom stereocenters. The van der Waals surface area contributed by atoms with Gasteiger partial charge in [-0.1, -0.05) is 19.1 Å². The number of likely N-dealkylation sites (tertiary alicyclic amines) is 1. The Morgan fingerprint density at radius 2 is 1.69 bits per heavy atom. The number of carbonyl (C=O) groups is 4. The lowest BCUT2D eigenvalue weighted by atomic mass is 9.81. The first-order chi connectivity index (χ1) is 14.0. The average molecular weight is 398 g/mol. The van der Waals surface area contributed by atoms with Crippen LogP contribution in [0.2, 0.25) is 0 Å². The maximum atomic E-state index is 12.6. The lowest BCUT2D eigenvalue weighted by molar-refractivity contribution is -0.149. The van der Waals surface area contributed by atoms with Crippen LogP contribution in [0.3, 0.4) is 0 Å². The zero-order valence-corrected chi connectivity index (χ0v) is 16.6. The van der Waals surface area contributed by atoms with E-state index in [1.54, 1.807) is 12.1 Å². The molecule has 1 aromatic carbocycles. The van der Waals surface area contributed by atoms with Crippen molar-refractivity contribution in [2.45, 2.75) is 39.0 Å². The normalized spacial score (nSPS) is 27.3. The van der Waals surface area contributed by atoms with Gasteiger partial charge in [-0.2, -0.15) is 0 Å². The van der Waals surface area contributed by atoms with Crippen molar-refractivity contribution in [3.05, 3.63) is 29.8 Å². The number of amides is 3. The summed E-state index contributed by atoms with van der Waals surface area (Å²) in [5.74, 6) is -0.989. The first-order valence-corrected chi connectivity index (χ1v) is 10.4. The largest absolute Gasteiger partial charge is 0.456 e. The molecule has 1 N–H and O–H groups in total. The van der Waals surface area contributed by atoms with Gasteiger partial charge in [0.25, 0.3) is 5.91 Å². The van der Waals surface area contributed by atoms with Crippen LogP contribution in [0.4, 0.5) is 5.69 Å². The number of benzene rings is 1. The van der Waals surface area contributed by atoms with Crippen LogP contribution in [0.25, 0.3) is 0 Å². The van der Waals surface area contributed by atoms with Gasteiger partial charge in [-0.15, -0.1) is 0 Å². The van der Waals surface area contributed by atoms with E-state index in [2.05, 4.69) is 5.32 Å². The molecule has 154 valence electrons. The second-order valence-electron chi connectivity index (χ2n) is 8.22. The molecule has 2 saturated carbocycles. The van der Waals surface area contributed by atoms with Crippen molar-refractivity contribution in [3.8, 4) is 0 Å². The van der Waals surface area contributed by atoms with Crippen molar-refractivity contribution >= 4 is 29.4 Å². The van der Waals surface area contributed by atoms with Crippen LogP contribution in [-0.2, 0) is 30.3 Å². The minimum Gasteiger partial charge on any atom is -0.456 e. The molecular weight excluding hydrogens is 372 g/mol. The van der Waals surface area contributed by atoms with Gasteiger partial charge in [0, 0.05) is 12.2 Å². The molecule has 2 bridgehead atoms. The maximum absolute atomic E-state index is 12.6. The lowest BCUT2D eigenvalue weighted by Gasteiger charge is -2.19. The van der Waals surface area contributed by atoms with Crippen LogP contribution in [-0.4, -0.2) is 41.7 Å². The predicted octanol–water partition coefficient (Wildman–Crippen LogP) is 2.15. The zero-order valence-electron chi connectivity index (χ0n) is 16.6. The van der Waals surface area contributed by atoms with Gasteiger partial charge in [-0.05, 0) is 55.2 Å². The van der Waals surface area contributed by atoms with Crippen LogP contribution < -0.4 is 5.32 Å². The van der Waals surface area contributed by atoms with Gasteiger partial charge in [-0.25, -0.2) is 0 Å². The maximum Gasteiger partial charge on any atom is 0.308 e. The van der Waals surface area contributed by atoms with E-state index in [9.17, 15) is 19.2 Å². The fourth-order valence-electron chi connectivity index (χ4n) is 5.13. The first kappa shape index (κ1) is 19.6.